The topological polar surface area (TPSA) is 108 Å². The quantitative estimate of drug-likeness (QED) is 0.638. The molecule has 166 valence electrons. The number of nitrogens with one attached hydrogen (secondary N) is 2. The van der Waals surface area contributed by atoms with Gasteiger partial charge in [0.05, 0.1) is 24.8 Å². The van der Waals surface area contributed by atoms with Gasteiger partial charge in [-0.05, 0) is 49.1 Å². The van der Waals surface area contributed by atoms with E-state index in [1.807, 2.05) is 24.0 Å². The first-order valence-corrected chi connectivity index (χ1v) is 10.9. The lowest BCUT2D eigenvalue weighted by Gasteiger charge is -2.34. The number of anilines is 2. The van der Waals surface area contributed by atoms with Crippen molar-refractivity contribution < 1.29 is 24.2 Å². The first-order chi connectivity index (χ1) is 15.4. The third-order valence-corrected chi connectivity index (χ3v) is 6.59. The number of nitrogens with zero attached hydrogens (tertiary/aromatic N) is 1. The summed E-state index contributed by atoms with van der Waals surface area (Å²) in [7, 11) is 0. The number of carbonyl (C=O) groups is 3. The van der Waals surface area contributed by atoms with Gasteiger partial charge in [-0.2, -0.15) is 0 Å². The fourth-order valence-corrected chi connectivity index (χ4v) is 4.89. The molecule has 0 spiro atoms. The van der Waals surface area contributed by atoms with Gasteiger partial charge in [0, 0.05) is 24.2 Å². The largest absolute Gasteiger partial charge is 0.493 e. The van der Waals surface area contributed by atoms with Gasteiger partial charge in [0.1, 0.15) is 11.4 Å². The summed E-state index contributed by atoms with van der Waals surface area (Å²) in [5.41, 5.74) is 2.63. The van der Waals surface area contributed by atoms with Crippen LogP contribution in [0.4, 0.5) is 11.4 Å². The van der Waals surface area contributed by atoms with Crippen molar-refractivity contribution in [1.29, 1.82) is 0 Å². The highest BCUT2D eigenvalue weighted by Crippen LogP contribution is 2.44. The summed E-state index contributed by atoms with van der Waals surface area (Å²) >= 11 is 0. The number of ether oxygens (including phenoxy) is 1. The summed E-state index contributed by atoms with van der Waals surface area (Å²) in [5.74, 6) is -1.26. The Bertz CT molecular complexity index is 1130. The van der Waals surface area contributed by atoms with Gasteiger partial charge in [0.15, 0.2) is 0 Å². The van der Waals surface area contributed by atoms with Crippen LogP contribution in [0.25, 0.3) is 0 Å². The normalized spacial score (nSPS) is 23.1. The summed E-state index contributed by atoms with van der Waals surface area (Å²) in [6, 6.07) is 10.7. The van der Waals surface area contributed by atoms with Crippen LogP contribution in [0.3, 0.4) is 0 Å². The van der Waals surface area contributed by atoms with Gasteiger partial charge in [-0.1, -0.05) is 18.2 Å². The maximum atomic E-state index is 12.6. The molecule has 8 heteroatoms. The number of benzene rings is 2. The summed E-state index contributed by atoms with van der Waals surface area (Å²) < 4.78 is 5.56. The number of hydrogen-bond acceptors (Lipinski definition) is 5. The Balaban J connectivity index is 1.29. The summed E-state index contributed by atoms with van der Waals surface area (Å²) in [4.78, 5) is 39.4. The Morgan fingerprint density at radius 3 is 2.91 bits per heavy atom. The molecule has 0 radical (unpaired) electrons. The highest BCUT2D eigenvalue weighted by atomic mass is 16.5. The molecule has 3 heterocycles. The second-order valence-electron chi connectivity index (χ2n) is 8.65. The molecule has 2 aromatic carbocycles. The van der Waals surface area contributed by atoms with E-state index in [2.05, 4.69) is 10.6 Å². The molecule has 2 aromatic rings. The number of amides is 3. The zero-order valence-corrected chi connectivity index (χ0v) is 17.8. The molecule has 5 rings (SSSR count). The molecule has 3 aliphatic rings. The third-order valence-electron chi connectivity index (χ3n) is 6.59. The minimum Gasteiger partial charge on any atom is -0.493 e. The number of rotatable bonds is 3. The highest BCUT2D eigenvalue weighted by Gasteiger charge is 2.39. The number of carbonyl (C=O) groups excluding carboxylic acids is 3. The van der Waals surface area contributed by atoms with Crippen molar-refractivity contribution in [1.82, 2.24) is 5.32 Å². The number of aryl methyl sites for hydroxylation is 1. The first kappa shape index (κ1) is 20.5. The van der Waals surface area contributed by atoms with Crippen molar-refractivity contribution in [2.45, 2.75) is 37.7 Å². The maximum absolute atomic E-state index is 12.6. The van der Waals surface area contributed by atoms with E-state index in [1.165, 1.54) is 0 Å². The van der Waals surface area contributed by atoms with Crippen LogP contribution in [0, 0.1) is 0 Å². The van der Waals surface area contributed by atoms with E-state index in [0.29, 0.717) is 36.6 Å². The van der Waals surface area contributed by atoms with E-state index in [1.54, 1.807) is 24.3 Å². The van der Waals surface area contributed by atoms with Gasteiger partial charge in [-0.25, -0.2) is 0 Å². The molecular formula is C24H25N3O5. The fourth-order valence-electron chi connectivity index (χ4n) is 4.89. The lowest BCUT2D eigenvalue weighted by molar-refractivity contribution is -0.137. The van der Waals surface area contributed by atoms with Crippen molar-refractivity contribution >= 4 is 29.1 Å². The van der Waals surface area contributed by atoms with Crippen molar-refractivity contribution in [3.05, 3.63) is 53.1 Å². The lowest BCUT2D eigenvalue weighted by atomic mass is 9.88. The van der Waals surface area contributed by atoms with E-state index in [9.17, 15) is 19.5 Å². The smallest absolute Gasteiger partial charge is 0.313 e. The molecule has 3 aliphatic heterocycles. The van der Waals surface area contributed by atoms with Crippen LogP contribution in [0.15, 0.2) is 36.4 Å². The first-order valence-electron chi connectivity index (χ1n) is 10.9. The van der Waals surface area contributed by atoms with Crippen molar-refractivity contribution in [3.63, 3.8) is 0 Å². The van der Waals surface area contributed by atoms with Crippen LogP contribution in [0.5, 0.6) is 5.75 Å². The Hall–Kier alpha value is -3.39. The molecule has 3 amide bonds. The van der Waals surface area contributed by atoms with Crippen molar-refractivity contribution in [3.8, 4) is 5.75 Å². The molecule has 2 atom stereocenters. The number of aliphatic hydroxyl groups is 1. The second kappa shape index (κ2) is 7.63. The SMILES string of the molecule is C[C@H]1C(=O)N2CCCc3cc(NC(=O)C(=O)NC[C@@]4(O)CCOc5ccccc54)cc1c32. The molecule has 0 bridgehead atoms. The third kappa shape index (κ3) is 3.31. The summed E-state index contributed by atoms with van der Waals surface area (Å²) in [5, 5.41) is 16.2. The van der Waals surface area contributed by atoms with E-state index < -0.39 is 17.4 Å². The average molecular weight is 435 g/mol. The summed E-state index contributed by atoms with van der Waals surface area (Å²) in [6.45, 7) is 2.80. The molecule has 0 fully saturated rings. The van der Waals surface area contributed by atoms with Gasteiger partial charge >= 0.3 is 11.8 Å². The van der Waals surface area contributed by atoms with Gasteiger partial charge in [0.25, 0.3) is 0 Å². The molecule has 0 unspecified atom stereocenters. The molecular weight excluding hydrogens is 410 g/mol. The Morgan fingerprint density at radius 1 is 1.25 bits per heavy atom. The minimum atomic E-state index is -1.30. The van der Waals surface area contributed by atoms with E-state index in [-0.39, 0.29) is 18.4 Å². The van der Waals surface area contributed by atoms with Gasteiger partial charge in [-0.3, -0.25) is 14.4 Å². The van der Waals surface area contributed by atoms with E-state index in [0.717, 1.165) is 29.7 Å². The molecule has 32 heavy (non-hydrogen) atoms. The molecule has 8 nitrogen and oxygen atoms in total. The van der Waals surface area contributed by atoms with Gasteiger partial charge in [0.2, 0.25) is 5.91 Å². The highest BCUT2D eigenvalue weighted by molar-refractivity contribution is 6.39. The Morgan fingerprint density at radius 2 is 2.06 bits per heavy atom. The van der Waals surface area contributed by atoms with Gasteiger partial charge < -0.3 is 25.4 Å². The predicted octanol–water partition coefficient (Wildman–Crippen LogP) is 1.81. The minimum absolute atomic E-state index is 0.0761. The number of hydrogen-bond donors (Lipinski definition) is 3. The second-order valence-corrected chi connectivity index (χ2v) is 8.65. The predicted molar refractivity (Wildman–Crippen MR) is 118 cm³/mol. The standard InChI is InChI=1S/C24H25N3O5/c1-14-17-12-16(11-15-5-4-9-27(20(15)17)23(14)30)26-22(29)21(28)25-13-24(31)8-10-32-19-7-3-2-6-18(19)24/h2-3,6-7,11-12,14,31H,4-5,8-10,13H2,1H3,(H,25,28)(H,26,29)/t14-,24+/m1/s1. The Kier molecular flexibility index (Phi) is 4.89. The van der Waals surface area contributed by atoms with Crippen LogP contribution in [-0.4, -0.2) is 42.5 Å². The molecule has 0 saturated carbocycles. The van der Waals surface area contributed by atoms with E-state index >= 15 is 0 Å². The van der Waals surface area contributed by atoms with Crippen LogP contribution < -0.4 is 20.3 Å². The van der Waals surface area contributed by atoms with E-state index in [4.69, 9.17) is 4.74 Å². The summed E-state index contributed by atoms with van der Waals surface area (Å²) in [6.07, 6.45) is 2.00. The molecule has 0 aromatic heterocycles. The zero-order chi connectivity index (χ0) is 22.5. The van der Waals surface area contributed by atoms with Crippen molar-refractivity contribution in [2.75, 3.05) is 29.9 Å². The number of para-hydroxylation sites is 1. The zero-order valence-electron chi connectivity index (χ0n) is 17.8. The lowest BCUT2D eigenvalue weighted by Crippen LogP contribution is -2.46. The Labute approximate surface area is 185 Å². The maximum Gasteiger partial charge on any atom is 0.313 e. The van der Waals surface area contributed by atoms with Crippen LogP contribution in [0.1, 0.15) is 42.4 Å². The molecule has 0 aliphatic carbocycles. The van der Waals surface area contributed by atoms with Crippen LogP contribution in [-0.2, 0) is 26.4 Å². The van der Waals surface area contributed by atoms with Crippen LogP contribution >= 0.6 is 0 Å². The van der Waals surface area contributed by atoms with Crippen LogP contribution in [0.2, 0.25) is 0 Å². The molecule has 3 N–H and O–H groups in total. The molecule has 0 saturated heterocycles. The average Bonchev–Trinajstić information content (AvgIpc) is 3.04. The fraction of sp³-hybridized carbons (Fsp3) is 0.375. The number of fused-ring (bicyclic) bond motifs is 1. The van der Waals surface area contributed by atoms with Crippen molar-refractivity contribution in [2.24, 2.45) is 0 Å². The van der Waals surface area contributed by atoms with Gasteiger partial charge in [-0.15, -0.1) is 0 Å². The monoisotopic (exact) mass is 435 g/mol.